The predicted molar refractivity (Wildman–Crippen MR) is 83.3 cm³/mol. The molecule has 0 radical (unpaired) electrons. The highest BCUT2D eigenvalue weighted by Gasteiger charge is 2.24. The second-order valence-corrected chi connectivity index (χ2v) is 7.11. The van der Waals surface area contributed by atoms with E-state index in [0.29, 0.717) is 12.2 Å². The normalized spacial score (nSPS) is 13.5. The monoisotopic (exact) mass is 315 g/mol. The third-order valence-electron chi connectivity index (χ3n) is 3.50. The van der Waals surface area contributed by atoms with E-state index in [1.54, 1.807) is 12.1 Å². The molecular weight excluding hydrogens is 290 g/mol. The van der Waals surface area contributed by atoms with Gasteiger partial charge in [-0.05, 0) is 42.5 Å². The SMILES string of the molecule is CC[C@H](CO)NS(=O)(=O)c1cc(C(C)C)c(C)cc1OC. The average molecular weight is 315 g/mol. The summed E-state index contributed by atoms with van der Waals surface area (Å²) in [6.07, 6.45) is 0.515. The lowest BCUT2D eigenvalue weighted by atomic mass is 9.98. The highest BCUT2D eigenvalue weighted by molar-refractivity contribution is 7.89. The van der Waals surface area contributed by atoms with Crippen molar-refractivity contribution in [2.75, 3.05) is 13.7 Å². The Bertz CT molecular complexity index is 578. The number of ether oxygens (including phenoxy) is 1. The molecule has 2 N–H and O–H groups in total. The third kappa shape index (κ3) is 4.18. The third-order valence-corrected chi connectivity index (χ3v) is 5.04. The van der Waals surface area contributed by atoms with Crippen LogP contribution in [0, 0.1) is 6.92 Å². The summed E-state index contributed by atoms with van der Waals surface area (Å²) in [6, 6.07) is 2.90. The molecule has 0 unspecified atom stereocenters. The number of hydrogen-bond donors (Lipinski definition) is 2. The number of aliphatic hydroxyl groups excluding tert-OH is 1. The molecular formula is C15H25NO4S. The van der Waals surface area contributed by atoms with E-state index in [1.165, 1.54) is 7.11 Å². The van der Waals surface area contributed by atoms with Gasteiger partial charge in [0.2, 0.25) is 10.0 Å². The van der Waals surface area contributed by atoms with E-state index >= 15 is 0 Å². The van der Waals surface area contributed by atoms with E-state index in [4.69, 9.17) is 4.74 Å². The van der Waals surface area contributed by atoms with Gasteiger partial charge in [-0.2, -0.15) is 0 Å². The molecule has 0 amide bonds. The summed E-state index contributed by atoms with van der Waals surface area (Å²) < 4.78 is 32.8. The molecule has 21 heavy (non-hydrogen) atoms. The Hall–Kier alpha value is -1.11. The summed E-state index contributed by atoms with van der Waals surface area (Å²) in [7, 11) is -2.28. The second-order valence-electron chi connectivity index (χ2n) is 5.42. The molecule has 5 nitrogen and oxygen atoms in total. The van der Waals surface area contributed by atoms with Crippen LogP contribution in [0.5, 0.6) is 5.75 Å². The van der Waals surface area contributed by atoms with Crippen molar-refractivity contribution in [1.82, 2.24) is 4.72 Å². The number of benzene rings is 1. The van der Waals surface area contributed by atoms with Crippen LogP contribution >= 0.6 is 0 Å². The van der Waals surface area contributed by atoms with E-state index < -0.39 is 16.1 Å². The number of nitrogens with one attached hydrogen (secondary N) is 1. The van der Waals surface area contributed by atoms with Gasteiger partial charge in [0.1, 0.15) is 10.6 Å². The fourth-order valence-corrected chi connectivity index (χ4v) is 3.70. The number of aryl methyl sites for hydroxylation is 1. The second kappa shape index (κ2) is 7.24. The molecule has 0 aliphatic heterocycles. The lowest BCUT2D eigenvalue weighted by Crippen LogP contribution is -2.37. The molecule has 0 heterocycles. The van der Waals surface area contributed by atoms with Gasteiger partial charge in [-0.1, -0.05) is 20.8 Å². The molecule has 0 saturated carbocycles. The van der Waals surface area contributed by atoms with E-state index in [-0.39, 0.29) is 17.4 Å². The minimum Gasteiger partial charge on any atom is -0.495 e. The summed E-state index contributed by atoms with van der Waals surface area (Å²) in [5, 5.41) is 9.19. The molecule has 0 bridgehead atoms. The minimum absolute atomic E-state index is 0.117. The van der Waals surface area contributed by atoms with Crippen LogP contribution in [-0.2, 0) is 10.0 Å². The van der Waals surface area contributed by atoms with Gasteiger partial charge in [-0.15, -0.1) is 0 Å². The van der Waals surface area contributed by atoms with Crippen LogP contribution in [-0.4, -0.2) is 33.3 Å². The van der Waals surface area contributed by atoms with Crippen molar-refractivity contribution in [3.8, 4) is 5.75 Å². The quantitative estimate of drug-likeness (QED) is 0.808. The van der Waals surface area contributed by atoms with Crippen molar-refractivity contribution in [3.63, 3.8) is 0 Å². The van der Waals surface area contributed by atoms with E-state index in [1.807, 2.05) is 27.7 Å². The minimum atomic E-state index is -3.73. The topological polar surface area (TPSA) is 75.6 Å². The van der Waals surface area contributed by atoms with Crippen LogP contribution in [0.15, 0.2) is 17.0 Å². The van der Waals surface area contributed by atoms with E-state index in [0.717, 1.165) is 11.1 Å². The van der Waals surface area contributed by atoms with Crippen LogP contribution in [0.3, 0.4) is 0 Å². The summed E-state index contributed by atoms with van der Waals surface area (Å²) in [6.45, 7) is 7.54. The Kier molecular flexibility index (Phi) is 6.19. The molecule has 0 aromatic heterocycles. The Labute approximate surface area is 127 Å². The Balaban J connectivity index is 3.36. The van der Waals surface area contributed by atoms with Crippen molar-refractivity contribution < 1.29 is 18.3 Å². The molecule has 0 fully saturated rings. The number of aliphatic hydroxyl groups is 1. The van der Waals surface area contributed by atoms with Gasteiger partial charge in [-0.25, -0.2) is 13.1 Å². The zero-order chi connectivity index (χ0) is 16.2. The summed E-state index contributed by atoms with van der Waals surface area (Å²) in [4.78, 5) is 0.117. The van der Waals surface area contributed by atoms with Gasteiger partial charge in [-0.3, -0.25) is 0 Å². The van der Waals surface area contributed by atoms with Crippen LogP contribution in [0.2, 0.25) is 0 Å². The van der Waals surface area contributed by atoms with Crippen molar-refractivity contribution in [2.45, 2.75) is 51.0 Å². The number of rotatable bonds is 7. The molecule has 1 atom stereocenters. The summed E-state index contributed by atoms with van der Waals surface area (Å²) >= 11 is 0. The summed E-state index contributed by atoms with van der Waals surface area (Å²) in [5.41, 5.74) is 1.96. The van der Waals surface area contributed by atoms with E-state index in [2.05, 4.69) is 4.72 Å². The number of hydrogen-bond acceptors (Lipinski definition) is 4. The molecule has 6 heteroatoms. The maximum atomic E-state index is 12.5. The van der Waals surface area contributed by atoms with Crippen molar-refractivity contribution in [2.24, 2.45) is 0 Å². The van der Waals surface area contributed by atoms with Gasteiger partial charge in [0.05, 0.1) is 13.7 Å². The van der Waals surface area contributed by atoms with Crippen LogP contribution in [0.1, 0.15) is 44.2 Å². The first-order valence-corrected chi connectivity index (χ1v) is 8.56. The van der Waals surface area contributed by atoms with Gasteiger partial charge in [0.15, 0.2) is 0 Å². The Morgan fingerprint density at radius 1 is 1.33 bits per heavy atom. The number of methoxy groups -OCH3 is 1. The van der Waals surface area contributed by atoms with Gasteiger partial charge >= 0.3 is 0 Å². The average Bonchev–Trinajstić information content (AvgIpc) is 2.43. The first-order chi connectivity index (χ1) is 9.76. The maximum Gasteiger partial charge on any atom is 0.244 e. The fourth-order valence-electron chi connectivity index (χ4n) is 2.20. The lowest BCUT2D eigenvalue weighted by molar-refractivity contribution is 0.253. The molecule has 1 aromatic carbocycles. The smallest absolute Gasteiger partial charge is 0.244 e. The van der Waals surface area contributed by atoms with Crippen molar-refractivity contribution in [1.29, 1.82) is 0 Å². The lowest BCUT2D eigenvalue weighted by Gasteiger charge is -2.19. The molecule has 1 rings (SSSR count). The molecule has 0 spiro atoms. The van der Waals surface area contributed by atoms with Crippen molar-refractivity contribution in [3.05, 3.63) is 23.3 Å². The first-order valence-electron chi connectivity index (χ1n) is 7.08. The zero-order valence-electron chi connectivity index (χ0n) is 13.3. The molecule has 1 aromatic rings. The highest BCUT2D eigenvalue weighted by Crippen LogP contribution is 2.31. The van der Waals surface area contributed by atoms with Gasteiger partial charge in [0.25, 0.3) is 0 Å². The largest absolute Gasteiger partial charge is 0.495 e. The number of sulfonamides is 1. The highest BCUT2D eigenvalue weighted by atomic mass is 32.2. The van der Waals surface area contributed by atoms with Crippen molar-refractivity contribution >= 4 is 10.0 Å². The standard InChI is InChI=1S/C15H25NO4S/c1-6-12(9-17)16-21(18,19)15-8-13(10(2)3)11(4)7-14(15)20-5/h7-8,10,12,16-17H,6,9H2,1-5H3/t12-/m1/s1. The van der Waals surface area contributed by atoms with E-state index in [9.17, 15) is 13.5 Å². The van der Waals surface area contributed by atoms with Gasteiger partial charge < -0.3 is 9.84 Å². The maximum absolute atomic E-state index is 12.5. The fraction of sp³-hybridized carbons (Fsp3) is 0.600. The molecule has 0 aliphatic carbocycles. The zero-order valence-corrected chi connectivity index (χ0v) is 14.1. The Morgan fingerprint density at radius 3 is 2.38 bits per heavy atom. The van der Waals surface area contributed by atoms with Crippen LogP contribution in [0.4, 0.5) is 0 Å². The molecule has 0 aliphatic rings. The van der Waals surface area contributed by atoms with Crippen LogP contribution < -0.4 is 9.46 Å². The van der Waals surface area contributed by atoms with Crippen LogP contribution in [0.25, 0.3) is 0 Å². The Morgan fingerprint density at radius 2 is 1.95 bits per heavy atom. The van der Waals surface area contributed by atoms with Gasteiger partial charge in [0, 0.05) is 6.04 Å². The molecule has 0 saturated heterocycles. The summed E-state index contributed by atoms with van der Waals surface area (Å²) in [5.74, 6) is 0.530. The molecule has 120 valence electrons. The first kappa shape index (κ1) is 17.9. The predicted octanol–water partition coefficient (Wildman–Crippen LogP) is 2.18.